The summed E-state index contributed by atoms with van der Waals surface area (Å²) < 4.78 is 10.5. The minimum Gasteiger partial charge on any atom is -0.494 e. The van der Waals surface area contributed by atoms with Crippen molar-refractivity contribution >= 4 is 33.9 Å². The van der Waals surface area contributed by atoms with Crippen LogP contribution in [0.15, 0.2) is 72.8 Å². The summed E-state index contributed by atoms with van der Waals surface area (Å²) in [7, 11) is 3.76. The Balaban J connectivity index is 1.13. The van der Waals surface area contributed by atoms with Gasteiger partial charge >= 0.3 is 0 Å². The van der Waals surface area contributed by atoms with Crippen LogP contribution in [0.4, 0.5) is 0 Å². The number of likely N-dealkylation sites (tertiary alicyclic amines) is 1. The van der Waals surface area contributed by atoms with Crippen LogP contribution in [-0.2, 0) is 20.0 Å². The quantitative estimate of drug-likeness (QED) is 0.159. The van der Waals surface area contributed by atoms with Crippen molar-refractivity contribution < 1.29 is 9.53 Å². The largest absolute Gasteiger partial charge is 0.494 e. The van der Waals surface area contributed by atoms with Gasteiger partial charge in [0.25, 0.3) is 5.91 Å². The third-order valence-electron chi connectivity index (χ3n) is 11.0. The number of allylic oxidation sites excluding steroid dienone is 1. The van der Waals surface area contributed by atoms with Crippen LogP contribution < -0.4 is 4.74 Å². The molecule has 0 radical (unpaired) electrons. The Bertz CT molecular complexity index is 1940. The number of hydrogen-bond acceptors (Lipinski definition) is 3. The van der Waals surface area contributed by atoms with E-state index >= 15 is 0 Å². The van der Waals surface area contributed by atoms with E-state index in [0.717, 1.165) is 61.3 Å². The number of amides is 1. The maximum atomic E-state index is 13.9. The molecule has 0 bridgehead atoms. The standard InChI is InChI=1S/C40H44N4O2/c1-4-29-25-44(35-19-17-32(29)35)40(45)31-21-33-38(37(23-31)46-3)42(2)39(41-33)36-22-30-20-27(13-9-8-12-26-10-6-5-7-11-26)16-18-34(30)43(36)24-28-14-15-28/h5-7,9-11,13,16,18,20-23,28-29,32,35H,4,8,12,14-15,17,19,24-25H2,1-3H3/b13-9+/t29-,32-,35?/m1/s1. The Labute approximate surface area is 271 Å². The molecule has 6 heteroatoms. The van der Waals surface area contributed by atoms with Crippen LogP contribution in [0.25, 0.3) is 39.5 Å². The predicted molar refractivity (Wildman–Crippen MR) is 186 cm³/mol. The fraction of sp³-hybridized carbons (Fsp3) is 0.400. The molecule has 8 rings (SSSR count). The molecule has 6 nitrogen and oxygen atoms in total. The molecule has 46 heavy (non-hydrogen) atoms. The van der Waals surface area contributed by atoms with Crippen molar-refractivity contribution in [1.29, 1.82) is 0 Å². The molecule has 3 aromatic carbocycles. The molecule has 1 unspecified atom stereocenters. The van der Waals surface area contributed by atoms with E-state index in [2.05, 4.69) is 94.8 Å². The summed E-state index contributed by atoms with van der Waals surface area (Å²) in [5.74, 6) is 3.72. The van der Waals surface area contributed by atoms with Crippen molar-refractivity contribution in [2.24, 2.45) is 24.8 Å². The molecule has 0 N–H and O–H groups in total. The van der Waals surface area contributed by atoms with Gasteiger partial charge in [0.1, 0.15) is 11.3 Å². The molecule has 3 fully saturated rings. The first-order valence-corrected chi connectivity index (χ1v) is 17.2. The number of benzene rings is 3. The number of carbonyl (C=O) groups excluding carboxylic acids is 1. The molecule has 2 aromatic heterocycles. The number of rotatable bonds is 10. The molecule has 3 atom stereocenters. The highest BCUT2D eigenvalue weighted by molar-refractivity contribution is 6.00. The van der Waals surface area contributed by atoms with Crippen LogP contribution in [0, 0.1) is 17.8 Å². The zero-order valence-corrected chi connectivity index (χ0v) is 27.3. The number of aromatic nitrogens is 3. The first-order valence-electron chi connectivity index (χ1n) is 17.2. The second-order valence-electron chi connectivity index (χ2n) is 13.8. The minimum absolute atomic E-state index is 0.116. The Morgan fingerprint density at radius 2 is 1.87 bits per heavy atom. The summed E-state index contributed by atoms with van der Waals surface area (Å²) in [5, 5.41) is 1.23. The molecule has 3 heterocycles. The lowest BCUT2D eigenvalue weighted by Gasteiger charge is -2.37. The Morgan fingerprint density at radius 3 is 2.59 bits per heavy atom. The lowest BCUT2D eigenvalue weighted by molar-refractivity contribution is 0.0633. The maximum absolute atomic E-state index is 13.9. The lowest BCUT2D eigenvalue weighted by Crippen LogP contribution is -2.43. The van der Waals surface area contributed by atoms with Gasteiger partial charge in [0, 0.05) is 42.6 Å². The maximum Gasteiger partial charge on any atom is 0.254 e. The normalized spacial score (nSPS) is 20.9. The van der Waals surface area contributed by atoms with Crippen LogP contribution in [-0.4, -0.2) is 44.6 Å². The topological polar surface area (TPSA) is 52.3 Å². The highest BCUT2D eigenvalue weighted by Crippen LogP contribution is 2.46. The highest BCUT2D eigenvalue weighted by Gasteiger charge is 2.48. The number of methoxy groups -OCH3 is 1. The smallest absolute Gasteiger partial charge is 0.254 e. The van der Waals surface area contributed by atoms with Crippen molar-refractivity contribution in [3.8, 4) is 17.3 Å². The van der Waals surface area contributed by atoms with E-state index in [9.17, 15) is 4.79 Å². The van der Waals surface area contributed by atoms with Gasteiger partial charge in [-0.1, -0.05) is 61.9 Å². The summed E-state index contributed by atoms with van der Waals surface area (Å²) in [6.07, 6.45) is 12.6. The lowest BCUT2D eigenvalue weighted by atomic mass is 9.74. The number of aryl methyl sites for hydroxylation is 2. The summed E-state index contributed by atoms with van der Waals surface area (Å²) in [6.45, 7) is 4.11. The number of nitrogens with zero attached hydrogens (tertiary/aromatic N) is 4. The SMILES string of the molecule is CC[C@@H]1CN(C(=O)c2cc(OC)c3c(c2)nc(-c2cc4cc(/C=C/CCc5ccccc5)ccc4n2CC2CC2)n3C)C2CC[C@@H]21. The third-order valence-corrected chi connectivity index (χ3v) is 11.0. The Kier molecular flexibility index (Phi) is 7.47. The van der Waals surface area contributed by atoms with E-state index in [-0.39, 0.29) is 5.91 Å². The number of hydrogen-bond donors (Lipinski definition) is 0. The van der Waals surface area contributed by atoms with Crippen LogP contribution in [0.5, 0.6) is 5.75 Å². The van der Waals surface area contributed by atoms with Crippen LogP contribution >= 0.6 is 0 Å². The fourth-order valence-corrected chi connectivity index (χ4v) is 8.07. The minimum atomic E-state index is 0.116. The van der Waals surface area contributed by atoms with Gasteiger partial charge in [0.15, 0.2) is 5.82 Å². The van der Waals surface area contributed by atoms with Crippen molar-refractivity contribution in [3.05, 3.63) is 89.5 Å². The summed E-state index contributed by atoms with van der Waals surface area (Å²) in [6, 6.07) is 24.1. The third kappa shape index (κ3) is 5.12. The van der Waals surface area contributed by atoms with E-state index in [1.54, 1.807) is 7.11 Å². The molecule has 5 aromatic rings. The van der Waals surface area contributed by atoms with E-state index in [0.29, 0.717) is 35.1 Å². The van der Waals surface area contributed by atoms with Crippen LogP contribution in [0.1, 0.15) is 66.9 Å². The van der Waals surface area contributed by atoms with Gasteiger partial charge in [0.2, 0.25) is 0 Å². The predicted octanol–water partition coefficient (Wildman–Crippen LogP) is 8.52. The molecule has 2 aliphatic carbocycles. The first-order chi connectivity index (χ1) is 22.5. The highest BCUT2D eigenvalue weighted by atomic mass is 16.5. The van der Waals surface area contributed by atoms with Crippen LogP contribution in [0.2, 0.25) is 0 Å². The summed E-state index contributed by atoms with van der Waals surface area (Å²) in [5.41, 5.74) is 7.35. The van der Waals surface area contributed by atoms with E-state index in [4.69, 9.17) is 9.72 Å². The monoisotopic (exact) mass is 612 g/mol. The molecule has 1 aliphatic heterocycles. The van der Waals surface area contributed by atoms with E-state index in [1.165, 1.54) is 41.3 Å². The van der Waals surface area contributed by atoms with Gasteiger partial charge < -0.3 is 18.8 Å². The van der Waals surface area contributed by atoms with Crippen molar-refractivity contribution in [3.63, 3.8) is 0 Å². The second-order valence-corrected chi connectivity index (χ2v) is 13.8. The number of imidazole rings is 1. The molecular formula is C40H44N4O2. The fourth-order valence-electron chi connectivity index (χ4n) is 8.07. The van der Waals surface area contributed by atoms with Crippen molar-refractivity contribution in [2.45, 2.75) is 64.5 Å². The van der Waals surface area contributed by atoms with Gasteiger partial charge in [-0.2, -0.15) is 0 Å². The van der Waals surface area contributed by atoms with Crippen molar-refractivity contribution in [2.75, 3.05) is 13.7 Å². The average molecular weight is 613 g/mol. The Morgan fingerprint density at radius 1 is 1.02 bits per heavy atom. The molecule has 0 spiro atoms. The van der Waals surface area contributed by atoms with Gasteiger partial charge in [-0.25, -0.2) is 4.98 Å². The molecule has 3 aliphatic rings. The number of carbonyl (C=O) groups is 1. The molecule has 1 amide bonds. The first kappa shape index (κ1) is 29.1. The molecule has 1 saturated heterocycles. The number of ether oxygens (including phenoxy) is 1. The van der Waals surface area contributed by atoms with Gasteiger partial charge in [-0.15, -0.1) is 0 Å². The van der Waals surface area contributed by atoms with E-state index < -0.39 is 0 Å². The second kappa shape index (κ2) is 11.8. The average Bonchev–Trinajstić information content (AvgIpc) is 3.66. The van der Waals surface area contributed by atoms with E-state index in [1.807, 2.05) is 12.1 Å². The van der Waals surface area contributed by atoms with Gasteiger partial charge in [-0.3, -0.25) is 4.79 Å². The molecule has 236 valence electrons. The van der Waals surface area contributed by atoms with Gasteiger partial charge in [-0.05, 0) is 97.7 Å². The molecular weight excluding hydrogens is 568 g/mol. The van der Waals surface area contributed by atoms with Gasteiger partial charge in [0.05, 0.1) is 18.3 Å². The summed E-state index contributed by atoms with van der Waals surface area (Å²) >= 11 is 0. The van der Waals surface area contributed by atoms with Crippen molar-refractivity contribution in [1.82, 2.24) is 19.0 Å². The number of fused-ring (bicyclic) bond motifs is 3. The Hall–Kier alpha value is -4.32. The summed E-state index contributed by atoms with van der Waals surface area (Å²) in [4.78, 5) is 21.2. The zero-order chi connectivity index (χ0) is 31.4. The zero-order valence-electron chi connectivity index (χ0n) is 27.3. The van der Waals surface area contributed by atoms with Crippen LogP contribution in [0.3, 0.4) is 0 Å². The molecule has 2 saturated carbocycles.